The highest BCUT2D eigenvalue weighted by Gasteiger charge is 2.39. The first-order chi connectivity index (χ1) is 10.3. The maximum Gasteiger partial charge on any atom is 0.0811 e. The molecule has 1 saturated heterocycles. The van der Waals surface area contributed by atoms with Crippen molar-refractivity contribution in [3.8, 4) is 0 Å². The summed E-state index contributed by atoms with van der Waals surface area (Å²) in [6.07, 6.45) is 4.56. The molecule has 0 radical (unpaired) electrons. The van der Waals surface area contributed by atoms with Crippen LogP contribution in [0.25, 0.3) is 10.8 Å². The standard InChI is InChI=1S/C19H23NO/c21-19(11-18-16-9-4-7-14(16)12-20-18)17-10-3-6-13-5-1-2-8-15(13)17/h1-3,5-6,8,10,14,16,18-21H,4,7,9,11-12H2. The van der Waals surface area contributed by atoms with Crippen molar-refractivity contribution in [2.24, 2.45) is 11.8 Å². The zero-order chi connectivity index (χ0) is 14.2. The molecule has 0 amide bonds. The van der Waals surface area contributed by atoms with Crippen LogP contribution in [0.15, 0.2) is 42.5 Å². The van der Waals surface area contributed by atoms with Gasteiger partial charge < -0.3 is 10.4 Å². The molecule has 21 heavy (non-hydrogen) atoms. The number of hydrogen-bond donors (Lipinski definition) is 2. The number of aliphatic hydroxyl groups is 1. The van der Waals surface area contributed by atoms with Crippen LogP contribution in [0.4, 0.5) is 0 Å². The van der Waals surface area contributed by atoms with E-state index in [0.717, 1.165) is 30.4 Å². The molecule has 1 saturated carbocycles. The molecule has 2 nitrogen and oxygen atoms in total. The summed E-state index contributed by atoms with van der Waals surface area (Å²) in [5.41, 5.74) is 1.08. The van der Waals surface area contributed by atoms with Crippen LogP contribution in [-0.2, 0) is 0 Å². The number of fused-ring (bicyclic) bond motifs is 2. The van der Waals surface area contributed by atoms with Gasteiger partial charge in [0.1, 0.15) is 0 Å². The number of rotatable bonds is 3. The van der Waals surface area contributed by atoms with Gasteiger partial charge in [-0.05, 0) is 54.0 Å². The van der Waals surface area contributed by atoms with Gasteiger partial charge in [-0.25, -0.2) is 0 Å². The topological polar surface area (TPSA) is 32.3 Å². The molecular weight excluding hydrogens is 258 g/mol. The van der Waals surface area contributed by atoms with Gasteiger partial charge >= 0.3 is 0 Å². The SMILES string of the molecule is OC(CC1NCC2CCCC21)c1cccc2ccccc12. The average Bonchev–Trinajstić information content (AvgIpc) is 3.12. The molecule has 1 aliphatic carbocycles. The first-order valence-corrected chi connectivity index (χ1v) is 8.22. The molecule has 2 N–H and O–H groups in total. The Labute approximate surface area is 126 Å². The van der Waals surface area contributed by atoms with Crippen molar-refractivity contribution in [3.63, 3.8) is 0 Å². The summed E-state index contributed by atoms with van der Waals surface area (Å²) in [6.45, 7) is 1.15. The van der Waals surface area contributed by atoms with Gasteiger partial charge in [-0.15, -0.1) is 0 Å². The Hall–Kier alpha value is -1.38. The molecule has 2 aromatic carbocycles. The lowest BCUT2D eigenvalue weighted by Crippen LogP contribution is -2.28. The number of aliphatic hydroxyl groups excluding tert-OH is 1. The van der Waals surface area contributed by atoms with E-state index in [-0.39, 0.29) is 6.10 Å². The van der Waals surface area contributed by atoms with E-state index in [4.69, 9.17) is 0 Å². The Kier molecular flexibility index (Phi) is 3.44. The van der Waals surface area contributed by atoms with E-state index in [0.29, 0.717) is 6.04 Å². The van der Waals surface area contributed by atoms with Gasteiger partial charge in [-0.2, -0.15) is 0 Å². The van der Waals surface area contributed by atoms with Gasteiger partial charge in [0.15, 0.2) is 0 Å². The number of nitrogens with one attached hydrogen (secondary N) is 1. The monoisotopic (exact) mass is 281 g/mol. The van der Waals surface area contributed by atoms with Crippen molar-refractivity contribution in [2.45, 2.75) is 37.8 Å². The summed E-state index contributed by atoms with van der Waals surface area (Å²) < 4.78 is 0. The maximum atomic E-state index is 10.8. The molecule has 0 bridgehead atoms. The van der Waals surface area contributed by atoms with E-state index in [2.05, 4.69) is 47.8 Å². The van der Waals surface area contributed by atoms with Crippen molar-refractivity contribution in [2.75, 3.05) is 6.54 Å². The molecule has 0 spiro atoms. The molecule has 2 heteroatoms. The van der Waals surface area contributed by atoms with Gasteiger partial charge in [0.05, 0.1) is 6.10 Å². The van der Waals surface area contributed by atoms with Crippen molar-refractivity contribution in [1.29, 1.82) is 0 Å². The molecule has 2 aromatic rings. The fraction of sp³-hybridized carbons (Fsp3) is 0.474. The van der Waals surface area contributed by atoms with Crippen molar-refractivity contribution >= 4 is 10.8 Å². The van der Waals surface area contributed by atoms with Gasteiger partial charge in [0, 0.05) is 6.04 Å². The fourth-order valence-corrected chi connectivity index (χ4v) is 4.47. The Bertz CT molecular complexity index is 633. The third-order valence-electron chi connectivity index (χ3n) is 5.54. The Morgan fingerprint density at radius 1 is 1.10 bits per heavy atom. The second-order valence-corrected chi connectivity index (χ2v) is 6.69. The van der Waals surface area contributed by atoms with E-state index < -0.39 is 0 Å². The first-order valence-electron chi connectivity index (χ1n) is 8.22. The summed E-state index contributed by atoms with van der Waals surface area (Å²) in [6, 6.07) is 15.1. The van der Waals surface area contributed by atoms with Crippen LogP contribution >= 0.6 is 0 Å². The van der Waals surface area contributed by atoms with E-state index in [9.17, 15) is 5.11 Å². The minimum atomic E-state index is -0.368. The van der Waals surface area contributed by atoms with Crippen LogP contribution in [0.2, 0.25) is 0 Å². The molecule has 4 rings (SSSR count). The zero-order valence-electron chi connectivity index (χ0n) is 12.3. The molecule has 2 fully saturated rings. The largest absolute Gasteiger partial charge is 0.388 e. The lowest BCUT2D eigenvalue weighted by atomic mass is 9.88. The van der Waals surface area contributed by atoms with Gasteiger partial charge in [-0.3, -0.25) is 0 Å². The van der Waals surface area contributed by atoms with Crippen LogP contribution in [0.1, 0.15) is 37.4 Å². The van der Waals surface area contributed by atoms with Gasteiger partial charge in [-0.1, -0.05) is 48.9 Å². The molecule has 4 unspecified atom stereocenters. The van der Waals surface area contributed by atoms with Crippen molar-refractivity contribution in [3.05, 3.63) is 48.0 Å². The summed E-state index contributed by atoms with van der Waals surface area (Å²) in [5, 5.41) is 16.8. The summed E-state index contributed by atoms with van der Waals surface area (Å²) >= 11 is 0. The van der Waals surface area contributed by atoms with Crippen LogP contribution < -0.4 is 5.32 Å². The average molecular weight is 281 g/mol. The van der Waals surface area contributed by atoms with Crippen LogP contribution in [0.3, 0.4) is 0 Å². The van der Waals surface area contributed by atoms with E-state index in [1.54, 1.807) is 0 Å². The number of hydrogen-bond acceptors (Lipinski definition) is 2. The lowest BCUT2D eigenvalue weighted by molar-refractivity contribution is 0.146. The molecule has 110 valence electrons. The summed E-state index contributed by atoms with van der Waals surface area (Å²) in [7, 11) is 0. The maximum absolute atomic E-state index is 10.8. The predicted molar refractivity (Wildman–Crippen MR) is 86.1 cm³/mol. The Morgan fingerprint density at radius 2 is 1.95 bits per heavy atom. The Morgan fingerprint density at radius 3 is 2.90 bits per heavy atom. The highest BCUT2D eigenvalue weighted by Crippen LogP contribution is 2.40. The highest BCUT2D eigenvalue weighted by molar-refractivity contribution is 5.85. The number of benzene rings is 2. The first kappa shape index (κ1) is 13.3. The van der Waals surface area contributed by atoms with Gasteiger partial charge in [0.25, 0.3) is 0 Å². The molecule has 0 aromatic heterocycles. The molecule has 2 aliphatic rings. The zero-order valence-corrected chi connectivity index (χ0v) is 12.3. The third kappa shape index (κ3) is 2.37. The smallest absolute Gasteiger partial charge is 0.0811 e. The second-order valence-electron chi connectivity index (χ2n) is 6.69. The molecule has 1 heterocycles. The molecule has 4 atom stereocenters. The van der Waals surface area contributed by atoms with E-state index in [1.165, 1.54) is 30.0 Å². The molecular formula is C19H23NO. The van der Waals surface area contributed by atoms with Crippen LogP contribution in [0.5, 0.6) is 0 Å². The highest BCUT2D eigenvalue weighted by atomic mass is 16.3. The van der Waals surface area contributed by atoms with Crippen molar-refractivity contribution in [1.82, 2.24) is 5.32 Å². The van der Waals surface area contributed by atoms with Crippen LogP contribution in [-0.4, -0.2) is 17.7 Å². The van der Waals surface area contributed by atoms with Gasteiger partial charge in [0.2, 0.25) is 0 Å². The summed E-state index contributed by atoms with van der Waals surface area (Å²) in [5.74, 6) is 1.64. The third-order valence-corrected chi connectivity index (χ3v) is 5.54. The minimum absolute atomic E-state index is 0.368. The van der Waals surface area contributed by atoms with Crippen molar-refractivity contribution < 1.29 is 5.11 Å². The second kappa shape index (κ2) is 5.43. The predicted octanol–water partition coefficient (Wildman–Crippen LogP) is 3.65. The summed E-state index contributed by atoms with van der Waals surface area (Å²) in [4.78, 5) is 0. The van der Waals surface area contributed by atoms with E-state index >= 15 is 0 Å². The minimum Gasteiger partial charge on any atom is -0.388 e. The van der Waals surface area contributed by atoms with Crippen LogP contribution in [0, 0.1) is 11.8 Å². The van der Waals surface area contributed by atoms with E-state index in [1.807, 2.05) is 0 Å². The quantitative estimate of drug-likeness (QED) is 0.900. The Balaban J connectivity index is 1.58. The fourth-order valence-electron chi connectivity index (χ4n) is 4.47. The lowest BCUT2D eigenvalue weighted by Gasteiger charge is -2.22. The molecule has 1 aliphatic heterocycles. The normalized spacial score (nSPS) is 29.7.